The number of aromatic nitrogens is 2. The van der Waals surface area contributed by atoms with E-state index in [9.17, 15) is 1.37 Å². The summed E-state index contributed by atoms with van der Waals surface area (Å²) in [5.41, 5.74) is 5.42. The number of furan rings is 1. The molecule has 0 atom stereocenters. The Bertz CT molecular complexity index is 3390. The average molecular weight is 932 g/mol. The second kappa shape index (κ2) is 13.7. The largest absolute Gasteiger partial charge is 0.509 e. The van der Waals surface area contributed by atoms with Gasteiger partial charge in [-0.05, 0) is 70.2 Å². The van der Waals surface area contributed by atoms with E-state index >= 15 is 0 Å². The molecule has 9 aromatic rings. The number of benzene rings is 6. The molecule has 3 aromatic heterocycles. The molecule has 1 aliphatic rings. The Balaban J connectivity index is 0.00000518. The van der Waals surface area contributed by atoms with E-state index in [-0.39, 0.29) is 77.6 Å². The van der Waals surface area contributed by atoms with E-state index in [0.29, 0.717) is 22.9 Å². The van der Waals surface area contributed by atoms with Gasteiger partial charge in [0.2, 0.25) is 0 Å². The standard InChI is InChI=1S/C50H41N4O2.Pt/c1-49(2,3)32-24-25-51-47(28-32)54-40-16-9-7-14-37(40)38-23-22-35(30-44(38)54)55-36-27-33(50(4,5)6)26-34(29-36)52-31-53(42-18-11-10-17-41(42)52)43-19-13-21-46-48(43)39-15-8-12-20-45(39)56-46;/h7-28,31H,1-6H3;/q-3;/i8D,12D,13D,15D,19D,20D,21D;. The van der Waals surface area contributed by atoms with Crippen LogP contribution in [0.1, 0.15) is 62.3 Å². The van der Waals surface area contributed by atoms with Crippen LogP contribution in [0, 0.1) is 18.8 Å². The van der Waals surface area contributed by atoms with E-state index in [1.165, 1.54) is 0 Å². The van der Waals surface area contributed by atoms with Crippen molar-refractivity contribution in [2.75, 3.05) is 9.80 Å². The number of hydrogen-bond acceptors (Lipinski definition) is 5. The molecular formula is C50H41N4O2Pt-3. The zero-order valence-corrected chi connectivity index (χ0v) is 34.4. The third-order valence-electron chi connectivity index (χ3n) is 10.4. The van der Waals surface area contributed by atoms with Crippen molar-refractivity contribution in [3.8, 4) is 17.3 Å². The number of hydrogen-bond donors (Lipinski definition) is 0. The molecule has 286 valence electrons. The second-order valence-electron chi connectivity index (χ2n) is 16.1. The molecule has 0 unspecified atom stereocenters. The third-order valence-corrected chi connectivity index (χ3v) is 10.4. The average Bonchev–Trinajstić information content (AvgIpc) is 3.94. The molecule has 4 heterocycles. The molecule has 6 aromatic carbocycles. The van der Waals surface area contributed by atoms with Crippen LogP contribution in [0.5, 0.6) is 11.5 Å². The predicted octanol–water partition coefficient (Wildman–Crippen LogP) is 13.5. The van der Waals surface area contributed by atoms with Gasteiger partial charge in [-0.25, -0.2) is 4.98 Å². The van der Waals surface area contributed by atoms with Crippen molar-refractivity contribution in [1.82, 2.24) is 9.55 Å². The van der Waals surface area contributed by atoms with Gasteiger partial charge in [-0.2, -0.15) is 6.07 Å². The van der Waals surface area contributed by atoms with Crippen LogP contribution in [0.4, 0.5) is 22.7 Å². The quantitative estimate of drug-likeness (QED) is 0.161. The van der Waals surface area contributed by atoms with Crippen molar-refractivity contribution in [1.29, 1.82) is 0 Å². The molecule has 1 aliphatic heterocycles. The van der Waals surface area contributed by atoms with E-state index in [2.05, 4.69) is 82.5 Å². The summed E-state index contributed by atoms with van der Waals surface area (Å²) in [6.45, 7) is 14.7. The van der Waals surface area contributed by atoms with Crippen LogP contribution in [0.15, 0.2) is 138 Å². The summed E-state index contributed by atoms with van der Waals surface area (Å²) in [4.78, 5) is 8.45. The molecule has 0 fully saturated rings. The molecular weight excluding hydrogens is 884 g/mol. The van der Waals surface area contributed by atoms with E-state index in [1.54, 1.807) is 11.6 Å². The predicted molar refractivity (Wildman–Crippen MR) is 229 cm³/mol. The first-order valence-electron chi connectivity index (χ1n) is 22.0. The number of ether oxygens (including phenoxy) is 1. The van der Waals surface area contributed by atoms with Gasteiger partial charge in [0, 0.05) is 72.1 Å². The minimum Gasteiger partial charge on any atom is -0.509 e. The third kappa shape index (κ3) is 6.27. The molecule has 0 bridgehead atoms. The Hall–Kier alpha value is -5.84. The van der Waals surface area contributed by atoms with Crippen LogP contribution in [0.25, 0.3) is 49.6 Å². The molecule has 0 spiro atoms. The number of para-hydroxylation sites is 4. The van der Waals surface area contributed by atoms with Gasteiger partial charge in [0.15, 0.2) is 0 Å². The van der Waals surface area contributed by atoms with E-state index in [1.807, 2.05) is 71.8 Å². The maximum absolute atomic E-state index is 9.25. The zero-order valence-electron chi connectivity index (χ0n) is 39.2. The summed E-state index contributed by atoms with van der Waals surface area (Å²) in [6.07, 6.45) is 1.85. The van der Waals surface area contributed by atoms with Crippen molar-refractivity contribution < 1.29 is 39.8 Å². The van der Waals surface area contributed by atoms with Gasteiger partial charge in [0.1, 0.15) is 17.0 Å². The maximum atomic E-state index is 9.25. The minimum atomic E-state index is -0.476. The van der Waals surface area contributed by atoms with Gasteiger partial charge < -0.3 is 23.5 Å². The molecule has 0 N–H and O–H groups in total. The molecule has 0 radical (unpaired) electrons. The Morgan fingerprint density at radius 1 is 0.667 bits per heavy atom. The van der Waals surface area contributed by atoms with Crippen molar-refractivity contribution in [3.63, 3.8) is 0 Å². The molecule has 0 saturated heterocycles. The fourth-order valence-corrected chi connectivity index (χ4v) is 7.45. The Morgan fingerprint density at radius 2 is 1.40 bits per heavy atom. The maximum Gasteiger partial charge on any atom is 0.137 e. The monoisotopic (exact) mass is 931 g/mol. The summed E-state index contributed by atoms with van der Waals surface area (Å²) in [6, 6.07) is 32.2. The molecule has 10 rings (SSSR count). The van der Waals surface area contributed by atoms with E-state index in [0.717, 1.165) is 44.4 Å². The zero-order chi connectivity index (χ0) is 44.4. The summed E-state index contributed by atoms with van der Waals surface area (Å²) < 4.78 is 75.9. The topological polar surface area (TPSA) is 46.7 Å². The van der Waals surface area contributed by atoms with Crippen LogP contribution in [-0.2, 0) is 31.9 Å². The first-order valence-corrected chi connectivity index (χ1v) is 18.5. The van der Waals surface area contributed by atoms with Crippen molar-refractivity contribution in [2.45, 2.75) is 52.4 Å². The van der Waals surface area contributed by atoms with Crippen LogP contribution in [0.3, 0.4) is 0 Å². The molecule has 7 heteroatoms. The fourth-order valence-electron chi connectivity index (χ4n) is 7.45. The van der Waals surface area contributed by atoms with Gasteiger partial charge in [-0.3, -0.25) is 0 Å². The van der Waals surface area contributed by atoms with Crippen LogP contribution >= 0.6 is 0 Å². The second-order valence-corrected chi connectivity index (χ2v) is 16.1. The normalized spacial score (nSPS) is 14.9. The van der Waals surface area contributed by atoms with E-state index < -0.39 is 24.2 Å². The van der Waals surface area contributed by atoms with Crippen LogP contribution < -0.4 is 14.5 Å². The molecule has 0 aliphatic carbocycles. The summed E-state index contributed by atoms with van der Waals surface area (Å²) in [5, 5.41) is 2.27. The number of fused-ring (bicyclic) bond motifs is 7. The Kier molecular flexibility index (Phi) is 7.05. The van der Waals surface area contributed by atoms with Crippen molar-refractivity contribution >= 4 is 66.5 Å². The SMILES string of the molecule is [2H]c1c([2H])c([2H])c2c(oc3c([2H])c([2H])c([2H])c(N4[CH-]N(c5[c-]c(Oc6[c-]c7c(cc6)c6ccccc6n7-c6cc(C(C)(C)C)ccn6)cc(C(C)(C)C)c5)c5ccccc54)c32)c1[2H].[Pt]. The number of anilines is 4. The first kappa shape index (κ1) is 29.4. The Labute approximate surface area is 357 Å². The van der Waals surface area contributed by atoms with E-state index in [4.69, 9.17) is 22.4 Å². The van der Waals surface area contributed by atoms with Crippen molar-refractivity contribution in [3.05, 3.63) is 163 Å². The fraction of sp³-hybridized carbons (Fsp3) is 0.160. The molecule has 6 nitrogen and oxygen atoms in total. The van der Waals surface area contributed by atoms with Gasteiger partial charge in [-0.15, -0.1) is 53.6 Å². The Morgan fingerprint density at radius 3 is 2.21 bits per heavy atom. The van der Waals surface area contributed by atoms with Gasteiger partial charge >= 0.3 is 0 Å². The minimum absolute atomic E-state index is 0. The van der Waals surface area contributed by atoms with Crippen LogP contribution in [-0.4, -0.2) is 9.55 Å². The summed E-state index contributed by atoms with van der Waals surface area (Å²) >= 11 is 0. The van der Waals surface area contributed by atoms with Gasteiger partial charge in [-0.1, -0.05) is 102 Å². The molecule has 0 amide bonds. The van der Waals surface area contributed by atoms with Crippen LogP contribution in [0.2, 0.25) is 0 Å². The number of nitrogens with zero attached hydrogens (tertiary/aromatic N) is 4. The molecule has 57 heavy (non-hydrogen) atoms. The summed E-state index contributed by atoms with van der Waals surface area (Å²) in [7, 11) is 0. The van der Waals surface area contributed by atoms with Crippen molar-refractivity contribution in [2.24, 2.45) is 0 Å². The van der Waals surface area contributed by atoms with Gasteiger partial charge in [0.05, 0.1) is 9.60 Å². The number of rotatable bonds is 5. The van der Waals surface area contributed by atoms with Gasteiger partial charge in [0.25, 0.3) is 0 Å². The summed E-state index contributed by atoms with van der Waals surface area (Å²) in [5.74, 6) is 1.71. The molecule has 0 saturated carbocycles. The first-order chi connectivity index (χ1) is 29.9. The number of pyridine rings is 1. The smallest absolute Gasteiger partial charge is 0.137 e.